The number of aromatic amines is 1. The van der Waals surface area contributed by atoms with E-state index in [4.69, 9.17) is 0 Å². The maximum Gasteiger partial charge on any atom is 0.286 e. The Hall–Kier alpha value is -3.01. The third-order valence-corrected chi connectivity index (χ3v) is 3.77. The van der Waals surface area contributed by atoms with Crippen molar-refractivity contribution in [3.8, 4) is 0 Å². The average Bonchev–Trinajstić information content (AvgIpc) is 3.09. The number of carbonyl (C=O) groups is 1. The minimum Gasteiger partial charge on any atom is -0.357 e. The molecule has 0 aliphatic heterocycles. The number of amides is 1. The number of anilines is 2. The fourth-order valence-electron chi connectivity index (χ4n) is 2.51. The van der Waals surface area contributed by atoms with Crippen molar-refractivity contribution in [2.24, 2.45) is 0 Å². The van der Waals surface area contributed by atoms with Crippen molar-refractivity contribution in [2.75, 3.05) is 5.01 Å². The van der Waals surface area contributed by atoms with Crippen LogP contribution < -0.4 is 10.4 Å². The maximum absolute atomic E-state index is 12.5. The van der Waals surface area contributed by atoms with Crippen molar-refractivity contribution < 1.29 is 4.79 Å². The predicted molar refractivity (Wildman–Crippen MR) is 92.8 cm³/mol. The molecule has 0 radical (unpaired) electrons. The summed E-state index contributed by atoms with van der Waals surface area (Å²) < 4.78 is 0. The molecule has 0 saturated carbocycles. The largest absolute Gasteiger partial charge is 0.357 e. The molecule has 0 saturated heterocycles. The highest BCUT2D eigenvalue weighted by Gasteiger charge is 2.17. The molecule has 1 amide bonds. The summed E-state index contributed by atoms with van der Waals surface area (Å²) in [4.78, 5) is 15.4. The lowest BCUT2D eigenvalue weighted by molar-refractivity contribution is 0.0949. The molecular formula is C19H19N3O. The first-order valence-electron chi connectivity index (χ1n) is 7.52. The summed E-state index contributed by atoms with van der Waals surface area (Å²) in [6, 6.07) is 19.5. The van der Waals surface area contributed by atoms with Gasteiger partial charge >= 0.3 is 0 Å². The number of H-pyrrole nitrogens is 1. The Morgan fingerprint density at radius 2 is 1.43 bits per heavy atom. The quantitative estimate of drug-likeness (QED) is 0.712. The molecule has 23 heavy (non-hydrogen) atoms. The van der Waals surface area contributed by atoms with Gasteiger partial charge in [-0.25, -0.2) is 0 Å². The van der Waals surface area contributed by atoms with Crippen LogP contribution in [0.15, 0.2) is 66.9 Å². The first-order valence-corrected chi connectivity index (χ1v) is 7.52. The van der Waals surface area contributed by atoms with Crippen LogP contribution in [-0.2, 0) is 0 Å². The molecule has 0 bridgehead atoms. The molecule has 3 rings (SSSR count). The Bertz CT molecular complexity index is 763. The van der Waals surface area contributed by atoms with Crippen molar-refractivity contribution in [2.45, 2.75) is 13.8 Å². The molecule has 0 spiro atoms. The van der Waals surface area contributed by atoms with E-state index in [0.717, 1.165) is 22.5 Å². The first kappa shape index (κ1) is 14.9. The number of benzene rings is 2. The Kier molecular flexibility index (Phi) is 4.15. The smallest absolute Gasteiger partial charge is 0.286 e. The first-order chi connectivity index (χ1) is 11.2. The lowest BCUT2D eigenvalue weighted by Crippen LogP contribution is -2.39. The third kappa shape index (κ3) is 3.11. The molecule has 0 aliphatic carbocycles. The fraction of sp³-hybridized carbons (Fsp3) is 0.105. The molecule has 1 heterocycles. The van der Waals surface area contributed by atoms with E-state index in [1.165, 1.54) is 0 Å². The molecule has 0 atom stereocenters. The number of rotatable bonds is 4. The molecular weight excluding hydrogens is 286 g/mol. The molecule has 4 heteroatoms. The normalized spacial score (nSPS) is 10.3. The van der Waals surface area contributed by atoms with Crippen LogP contribution in [0.1, 0.15) is 21.6 Å². The van der Waals surface area contributed by atoms with Crippen molar-refractivity contribution in [1.82, 2.24) is 10.4 Å². The molecule has 116 valence electrons. The third-order valence-electron chi connectivity index (χ3n) is 3.77. The number of nitrogens with zero attached hydrogens (tertiary/aromatic N) is 1. The number of hydrogen-bond donors (Lipinski definition) is 2. The van der Waals surface area contributed by atoms with E-state index in [0.29, 0.717) is 5.69 Å². The Morgan fingerprint density at radius 3 is 1.91 bits per heavy atom. The van der Waals surface area contributed by atoms with E-state index in [-0.39, 0.29) is 5.91 Å². The molecule has 1 aromatic heterocycles. The van der Waals surface area contributed by atoms with Gasteiger partial charge in [0.15, 0.2) is 0 Å². The zero-order valence-corrected chi connectivity index (χ0v) is 13.2. The van der Waals surface area contributed by atoms with Crippen molar-refractivity contribution >= 4 is 17.3 Å². The number of hydrogen-bond acceptors (Lipinski definition) is 2. The summed E-state index contributed by atoms with van der Waals surface area (Å²) in [6.07, 6.45) is 1.74. The van der Waals surface area contributed by atoms with Crippen molar-refractivity contribution in [1.29, 1.82) is 0 Å². The Morgan fingerprint density at radius 1 is 0.870 bits per heavy atom. The molecule has 3 aromatic rings. The SMILES string of the molecule is Cc1ccccc1N(NC(=O)c1ccc[nH]1)c1ccccc1C. The van der Waals surface area contributed by atoms with Crippen LogP contribution in [0.25, 0.3) is 0 Å². The number of para-hydroxylation sites is 2. The van der Waals surface area contributed by atoms with E-state index in [1.54, 1.807) is 18.3 Å². The second-order valence-corrected chi connectivity index (χ2v) is 5.43. The monoisotopic (exact) mass is 305 g/mol. The molecule has 2 N–H and O–H groups in total. The van der Waals surface area contributed by atoms with E-state index < -0.39 is 0 Å². The van der Waals surface area contributed by atoms with Gasteiger partial charge in [-0.15, -0.1) is 0 Å². The number of nitrogens with one attached hydrogen (secondary N) is 2. The van der Waals surface area contributed by atoms with Crippen molar-refractivity contribution in [3.63, 3.8) is 0 Å². The number of aromatic nitrogens is 1. The van der Waals surface area contributed by atoms with Crippen LogP contribution in [0.2, 0.25) is 0 Å². The van der Waals surface area contributed by atoms with Gasteiger partial charge in [-0.1, -0.05) is 36.4 Å². The lowest BCUT2D eigenvalue weighted by atomic mass is 10.1. The summed E-state index contributed by atoms with van der Waals surface area (Å²) in [5.41, 5.74) is 7.59. The van der Waals surface area contributed by atoms with Gasteiger partial charge in [0.2, 0.25) is 0 Å². The summed E-state index contributed by atoms with van der Waals surface area (Å²) in [5.74, 6) is -0.179. The Balaban J connectivity index is 2.02. The number of aryl methyl sites for hydroxylation is 2. The van der Waals surface area contributed by atoms with Crippen LogP contribution >= 0.6 is 0 Å². The van der Waals surface area contributed by atoms with Gasteiger partial charge in [0.1, 0.15) is 5.69 Å². The van der Waals surface area contributed by atoms with Gasteiger partial charge in [-0.2, -0.15) is 0 Å². The second kappa shape index (κ2) is 6.40. The standard InChI is InChI=1S/C19H19N3O/c1-14-8-3-5-11-17(14)22(18-12-6-4-9-15(18)2)21-19(23)16-10-7-13-20-16/h3-13,20H,1-2H3,(H,21,23). The van der Waals surface area contributed by atoms with Crippen LogP contribution in [0, 0.1) is 13.8 Å². The van der Waals surface area contributed by atoms with E-state index >= 15 is 0 Å². The number of carbonyl (C=O) groups excluding carboxylic acids is 1. The van der Waals surface area contributed by atoms with Gasteiger partial charge in [0, 0.05) is 6.20 Å². The van der Waals surface area contributed by atoms with Crippen LogP contribution in [0.3, 0.4) is 0 Å². The minimum absolute atomic E-state index is 0.179. The second-order valence-electron chi connectivity index (χ2n) is 5.43. The average molecular weight is 305 g/mol. The van der Waals surface area contributed by atoms with Gasteiger partial charge in [0.25, 0.3) is 5.91 Å². The summed E-state index contributed by atoms with van der Waals surface area (Å²) in [6.45, 7) is 4.06. The molecule has 0 unspecified atom stereocenters. The van der Waals surface area contributed by atoms with Gasteiger partial charge in [-0.3, -0.25) is 15.2 Å². The van der Waals surface area contributed by atoms with E-state index in [9.17, 15) is 4.79 Å². The zero-order chi connectivity index (χ0) is 16.2. The van der Waals surface area contributed by atoms with Gasteiger partial charge < -0.3 is 4.98 Å². The highest BCUT2D eigenvalue weighted by molar-refractivity contribution is 5.94. The number of hydrazine groups is 1. The molecule has 0 fully saturated rings. The molecule has 4 nitrogen and oxygen atoms in total. The van der Waals surface area contributed by atoms with E-state index in [2.05, 4.69) is 10.4 Å². The predicted octanol–water partition coefficient (Wildman–Crippen LogP) is 4.11. The van der Waals surface area contributed by atoms with Gasteiger partial charge in [-0.05, 0) is 49.2 Å². The van der Waals surface area contributed by atoms with Crippen LogP contribution in [0.4, 0.5) is 11.4 Å². The fourth-order valence-corrected chi connectivity index (χ4v) is 2.51. The van der Waals surface area contributed by atoms with Gasteiger partial charge in [0.05, 0.1) is 11.4 Å². The summed E-state index contributed by atoms with van der Waals surface area (Å²) >= 11 is 0. The highest BCUT2D eigenvalue weighted by Crippen LogP contribution is 2.28. The zero-order valence-electron chi connectivity index (χ0n) is 13.2. The highest BCUT2D eigenvalue weighted by atomic mass is 16.2. The van der Waals surface area contributed by atoms with E-state index in [1.807, 2.05) is 67.4 Å². The topological polar surface area (TPSA) is 48.1 Å². The van der Waals surface area contributed by atoms with Crippen LogP contribution in [0.5, 0.6) is 0 Å². The maximum atomic E-state index is 12.5. The molecule has 0 aliphatic rings. The Labute approximate surface area is 135 Å². The van der Waals surface area contributed by atoms with Crippen molar-refractivity contribution in [3.05, 3.63) is 83.7 Å². The summed E-state index contributed by atoms with van der Waals surface area (Å²) in [5, 5.41) is 1.84. The molecule has 2 aromatic carbocycles. The lowest BCUT2D eigenvalue weighted by Gasteiger charge is -2.28. The minimum atomic E-state index is -0.179. The summed E-state index contributed by atoms with van der Waals surface area (Å²) in [7, 11) is 0. The van der Waals surface area contributed by atoms with Crippen LogP contribution in [-0.4, -0.2) is 10.9 Å².